The van der Waals surface area contributed by atoms with E-state index in [2.05, 4.69) is 23.9 Å². The van der Waals surface area contributed by atoms with Crippen molar-refractivity contribution in [3.05, 3.63) is 41.7 Å². The highest BCUT2D eigenvalue weighted by Crippen LogP contribution is 2.17. The molecule has 1 aromatic carbocycles. The molecule has 20 heavy (non-hydrogen) atoms. The fourth-order valence-corrected chi connectivity index (χ4v) is 1.84. The van der Waals surface area contributed by atoms with Gasteiger partial charge >= 0.3 is 0 Å². The topological polar surface area (TPSA) is 60.2 Å². The highest BCUT2D eigenvalue weighted by molar-refractivity contribution is 5.29. The first-order valence-electron chi connectivity index (χ1n) is 6.48. The van der Waals surface area contributed by atoms with E-state index in [1.165, 1.54) is 18.5 Å². The number of halogens is 1. The summed E-state index contributed by atoms with van der Waals surface area (Å²) in [6, 6.07) is 4.16. The lowest BCUT2D eigenvalue weighted by atomic mass is 10.2. The second-order valence-corrected chi connectivity index (χ2v) is 4.99. The summed E-state index contributed by atoms with van der Waals surface area (Å²) >= 11 is 0. The van der Waals surface area contributed by atoms with E-state index in [1.807, 2.05) is 0 Å². The van der Waals surface area contributed by atoms with Crippen LogP contribution in [0.2, 0.25) is 0 Å². The molecule has 108 valence electrons. The second-order valence-electron chi connectivity index (χ2n) is 4.99. The minimum absolute atomic E-state index is 0.209. The fraction of sp³-hybridized carbons (Fsp3) is 0.429. The van der Waals surface area contributed by atoms with Crippen molar-refractivity contribution < 1.29 is 14.2 Å². The summed E-state index contributed by atoms with van der Waals surface area (Å²) in [5.74, 6) is 1.07. The molecular weight excluding hydrogens is 261 g/mol. The number of aromatic nitrogens is 3. The third kappa shape index (κ3) is 3.77. The molecule has 1 heterocycles. The Balaban J connectivity index is 2.05. The van der Waals surface area contributed by atoms with Crippen molar-refractivity contribution in [2.75, 3.05) is 0 Å². The SMILES string of the molecule is CC(C)Cn1ncnc1COc1cc(F)cc(CO)c1. The van der Waals surface area contributed by atoms with Crippen LogP contribution in [0.3, 0.4) is 0 Å². The highest BCUT2D eigenvalue weighted by Gasteiger charge is 2.08. The maximum Gasteiger partial charge on any atom is 0.164 e. The summed E-state index contributed by atoms with van der Waals surface area (Å²) < 4.78 is 20.6. The van der Waals surface area contributed by atoms with Crippen molar-refractivity contribution in [2.24, 2.45) is 5.92 Å². The van der Waals surface area contributed by atoms with Crippen LogP contribution in [0, 0.1) is 11.7 Å². The Morgan fingerprint density at radius 2 is 2.15 bits per heavy atom. The van der Waals surface area contributed by atoms with Gasteiger partial charge in [-0.3, -0.25) is 0 Å². The highest BCUT2D eigenvalue weighted by atomic mass is 19.1. The molecule has 0 fully saturated rings. The van der Waals surface area contributed by atoms with Crippen molar-refractivity contribution >= 4 is 0 Å². The van der Waals surface area contributed by atoms with Crippen molar-refractivity contribution in [3.63, 3.8) is 0 Å². The summed E-state index contributed by atoms with van der Waals surface area (Å²) in [7, 11) is 0. The number of aliphatic hydroxyl groups is 1. The lowest BCUT2D eigenvalue weighted by Crippen LogP contribution is -2.12. The van der Waals surface area contributed by atoms with Gasteiger partial charge in [-0.1, -0.05) is 13.8 Å². The standard InChI is InChI=1S/C14H18FN3O2/c1-10(2)6-18-14(16-9-17-18)8-20-13-4-11(7-19)3-12(15)5-13/h3-5,9-10,19H,6-8H2,1-2H3. The van der Waals surface area contributed by atoms with E-state index < -0.39 is 5.82 Å². The lowest BCUT2D eigenvalue weighted by molar-refractivity contribution is 0.270. The van der Waals surface area contributed by atoms with Crippen molar-refractivity contribution in [2.45, 2.75) is 33.6 Å². The van der Waals surface area contributed by atoms with Crippen LogP contribution in [0.1, 0.15) is 25.2 Å². The van der Waals surface area contributed by atoms with Gasteiger partial charge in [-0.25, -0.2) is 14.1 Å². The van der Waals surface area contributed by atoms with Gasteiger partial charge in [0.1, 0.15) is 24.5 Å². The number of hydrogen-bond acceptors (Lipinski definition) is 4. The molecule has 0 saturated heterocycles. The van der Waals surface area contributed by atoms with E-state index in [0.29, 0.717) is 23.1 Å². The monoisotopic (exact) mass is 279 g/mol. The first-order chi connectivity index (χ1) is 9.58. The molecule has 0 saturated carbocycles. The molecule has 5 nitrogen and oxygen atoms in total. The number of benzene rings is 1. The number of nitrogens with zero attached hydrogens (tertiary/aromatic N) is 3. The van der Waals surface area contributed by atoms with E-state index in [0.717, 1.165) is 6.54 Å². The average Bonchev–Trinajstić information content (AvgIpc) is 2.82. The van der Waals surface area contributed by atoms with E-state index in [9.17, 15) is 4.39 Å². The van der Waals surface area contributed by atoms with Gasteiger partial charge in [-0.2, -0.15) is 5.10 Å². The lowest BCUT2D eigenvalue weighted by Gasteiger charge is -2.10. The van der Waals surface area contributed by atoms with Crippen LogP contribution in [0.4, 0.5) is 4.39 Å². The van der Waals surface area contributed by atoms with E-state index in [4.69, 9.17) is 9.84 Å². The van der Waals surface area contributed by atoms with Gasteiger partial charge in [0.15, 0.2) is 5.82 Å². The minimum atomic E-state index is -0.435. The van der Waals surface area contributed by atoms with Gasteiger partial charge in [-0.05, 0) is 23.6 Å². The Bertz CT molecular complexity index is 569. The first kappa shape index (κ1) is 14.5. The molecule has 2 aromatic rings. The summed E-state index contributed by atoms with van der Waals surface area (Å²) in [4.78, 5) is 4.13. The Kier molecular flexibility index (Phi) is 4.68. The van der Waals surface area contributed by atoms with Gasteiger partial charge in [0.2, 0.25) is 0 Å². The molecule has 0 amide bonds. The molecule has 1 N–H and O–H groups in total. The smallest absolute Gasteiger partial charge is 0.164 e. The van der Waals surface area contributed by atoms with E-state index >= 15 is 0 Å². The van der Waals surface area contributed by atoms with Crippen LogP contribution in [-0.4, -0.2) is 19.9 Å². The molecule has 6 heteroatoms. The van der Waals surface area contributed by atoms with Gasteiger partial charge in [0.25, 0.3) is 0 Å². The number of hydrogen-bond donors (Lipinski definition) is 1. The second kappa shape index (κ2) is 6.47. The van der Waals surface area contributed by atoms with Crippen LogP contribution in [0.15, 0.2) is 24.5 Å². The number of ether oxygens (including phenoxy) is 1. The third-order valence-electron chi connectivity index (χ3n) is 2.72. The van der Waals surface area contributed by atoms with Crippen LogP contribution in [0.25, 0.3) is 0 Å². The quantitative estimate of drug-likeness (QED) is 0.880. The summed E-state index contributed by atoms with van der Waals surface area (Å²) in [6.45, 7) is 4.92. The van der Waals surface area contributed by atoms with Crippen LogP contribution in [0.5, 0.6) is 5.75 Å². The zero-order valence-corrected chi connectivity index (χ0v) is 11.6. The molecular formula is C14H18FN3O2. The predicted molar refractivity (Wildman–Crippen MR) is 71.5 cm³/mol. The molecule has 0 aliphatic rings. The number of aliphatic hydroxyl groups excluding tert-OH is 1. The van der Waals surface area contributed by atoms with E-state index in [1.54, 1.807) is 10.7 Å². The zero-order valence-electron chi connectivity index (χ0n) is 11.6. The van der Waals surface area contributed by atoms with Crippen LogP contribution in [-0.2, 0) is 19.8 Å². The first-order valence-corrected chi connectivity index (χ1v) is 6.48. The Morgan fingerprint density at radius 1 is 1.35 bits per heavy atom. The summed E-state index contributed by atoms with van der Waals surface area (Å²) in [5.41, 5.74) is 0.476. The van der Waals surface area contributed by atoms with Crippen molar-refractivity contribution in [1.29, 1.82) is 0 Å². The molecule has 0 bridgehead atoms. The molecule has 2 rings (SSSR count). The van der Waals surface area contributed by atoms with E-state index in [-0.39, 0.29) is 13.2 Å². The summed E-state index contributed by atoms with van der Waals surface area (Å²) in [5, 5.41) is 13.2. The van der Waals surface area contributed by atoms with Crippen molar-refractivity contribution in [1.82, 2.24) is 14.8 Å². The number of rotatable bonds is 6. The summed E-state index contributed by atoms with van der Waals surface area (Å²) in [6.07, 6.45) is 1.48. The maximum absolute atomic E-state index is 13.3. The minimum Gasteiger partial charge on any atom is -0.486 e. The largest absolute Gasteiger partial charge is 0.486 e. The Hall–Kier alpha value is -1.95. The maximum atomic E-state index is 13.3. The predicted octanol–water partition coefficient (Wildman–Crippen LogP) is 2.14. The Morgan fingerprint density at radius 3 is 2.85 bits per heavy atom. The zero-order chi connectivity index (χ0) is 14.5. The van der Waals surface area contributed by atoms with Gasteiger partial charge in [-0.15, -0.1) is 0 Å². The van der Waals surface area contributed by atoms with Crippen molar-refractivity contribution in [3.8, 4) is 5.75 Å². The molecule has 0 atom stereocenters. The molecule has 0 aliphatic carbocycles. The molecule has 0 aliphatic heterocycles. The molecule has 0 spiro atoms. The molecule has 1 aromatic heterocycles. The molecule has 0 unspecified atom stereocenters. The van der Waals surface area contributed by atoms with Gasteiger partial charge < -0.3 is 9.84 Å². The average molecular weight is 279 g/mol. The van der Waals surface area contributed by atoms with Gasteiger partial charge in [0.05, 0.1) is 6.61 Å². The van der Waals surface area contributed by atoms with Gasteiger partial charge in [0, 0.05) is 12.6 Å². The molecule has 0 radical (unpaired) electrons. The van der Waals surface area contributed by atoms with Crippen LogP contribution >= 0.6 is 0 Å². The van der Waals surface area contributed by atoms with Crippen LogP contribution < -0.4 is 4.74 Å². The third-order valence-corrected chi connectivity index (χ3v) is 2.72. The fourth-order valence-electron chi connectivity index (χ4n) is 1.84. The normalized spacial score (nSPS) is 11.1. The Labute approximate surface area is 117 Å².